The minimum Gasteiger partial charge on any atom is -0.336 e. The highest BCUT2D eigenvalue weighted by Crippen LogP contribution is 2.38. The zero-order valence-corrected chi connectivity index (χ0v) is 15.2. The number of nitrogens with zero attached hydrogens (tertiary/aromatic N) is 2. The molecule has 0 spiro atoms. The topological polar surface area (TPSA) is 57.7 Å². The van der Waals surface area contributed by atoms with E-state index in [1.165, 1.54) is 10.5 Å². The van der Waals surface area contributed by atoms with E-state index in [0.29, 0.717) is 0 Å². The van der Waals surface area contributed by atoms with Crippen molar-refractivity contribution >= 4 is 29.1 Å². The Morgan fingerprint density at radius 2 is 1.80 bits per heavy atom. The van der Waals surface area contributed by atoms with E-state index < -0.39 is 0 Å². The van der Waals surface area contributed by atoms with Gasteiger partial charge in [0.2, 0.25) is 17.7 Å². The smallest absolute Gasteiger partial charge is 0.233 e. The van der Waals surface area contributed by atoms with Crippen molar-refractivity contribution in [2.45, 2.75) is 51.0 Å². The summed E-state index contributed by atoms with van der Waals surface area (Å²) in [5.74, 6) is -0.274. The van der Waals surface area contributed by atoms with Crippen LogP contribution in [0.1, 0.15) is 56.6 Å². The highest BCUT2D eigenvalue weighted by molar-refractivity contribution is 7.08. The van der Waals surface area contributed by atoms with E-state index in [4.69, 9.17) is 0 Å². The first-order chi connectivity index (χ1) is 12.2. The molecule has 3 heterocycles. The Morgan fingerprint density at radius 1 is 1.08 bits per heavy atom. The van der Waals surface area contributed by atoms with E-state index in [1.54, 1.807) is 11.3 Å². The third-order valence-electron chi connectivity index (χ3n) is 5.98. The van der Waals surface area contributed by atoms with Crippen molar-refractivity contribution in [2.75, 3.05) is 13.1 Å². The largest absolute Gasteiger partial charge is 0.336 e. The minimum atomic E-state index is -0.123. The molecule has 3 aliphatic rings. The molecule has 0 unspecified atom stereocenters. The van der Waals surface area contributed by atoms with Gasteiger partial charge in [0, 0.05) is 19.5 Å². The summed E-state index contributed by atoms with van der Waals surface area (Å²) in [5, 5.41) is 4.15. The number of amides is 3. The lowest BCUT2D eigenvalue weighted by Gasteiger charge is -2.25. The maximum absolute atomic E-state index is 12.7. The molecule has 134 valence electrons. The predicted octanol–water partition coefficient (Wildman–Crippen LogP) is 2.98. The van der Waals surface area contributed by atoms with Crippen LogP contribution in [0.5, 0.6) is 0 Å². The van der Waals surface area contributed by atoms with Crippen molar-refractivity contribution in [3.8, 4) is 0 Å². The summed E-state index contributed by atoms with van der Waals surface area (Å²) < 4.78 is 0. The second kappa shape index (κ2) is 6.90. The van der Waals surface area contributed by atoms with Crippen LogP contribution < -0.4 is 0 Å². The number of carbonyl (C=O) groups excluding carboxylic acids is 3. The van der Waals surface area contributed by atoms with Crippen molar-refractivity contribution in [3.05, 3.63) is 22.4 Å². The van der Waals surface area contributed by atoms with Gasteiger partial charge in [0.1, 0.15) is 0 Å². The molecule has 6 heteroatoms. The van der Waals surface area contributed by atoms with Gasteiger partial charge in [-0.3, -0.25) is 19.3 Å². The highest BCUT2D eigenvalue weighted by Gasteiger charge is 2.48. The van der Waals surface area contributed by atoms with Crippen LogP contribution in [-0.2, 0) is 14.4 Å². The Morgan fingerprint density at radius 3 is 2.44 bits per heavy atom. The van der Waals surface area contributed by atoms with Crippen LogP contribution in [0.15, 0.2) is 16.8 Å². The third-order valence-corrected chi connectivity index (χ3v) is 6.68. The molecule has 4 rings (SSSR count). The van der Waals surface area contributed by atoms with Crippen LogP contribution in [-0.4, -0.2) is 40.6 Å². The number of rotatable bonds is 4. The van der Waals surface area contributed by atoms with Crippen molar-refractivity contribution in [3.63, 3.8) is 0 Å². The molecule has 2 aliphatic heterocycles. The summed E-state index contributed by atoms with van der Waals surface area (Å²) in [7, 11) is 0. The number of likely N-dealkylation sites (tertiary alicyclic amines) is 2. The van der Waals surface area contributed by atoms with Gasteiger partial charge >= 0.3 is 0 Å². The molecule has 5 nitrogen and oxygen atoms in total. The van der Waals surface area contributed by atoms with E-state index >= 15 is 0 Å². The van der Waals surface area contributed by atoms with Crippen molar-refractivity contribution in [1.29, 1.82) is 0 Å². The zero-order valence-electron chi connectivity index (χ0n) is 14.4. The first-order valence-corrected chi connectivity index (χ1v) is 10.3. The maximum Gasteiger partial charge on any atom is 0.233 e. The Labute approximate surface area is 152 Å². The molecule has 1 aromatic rings. The lowest BCUT2D eigenvalue weighted by atomic mass is 9.81. The average molecular weight is 360 g/mol. The number of hydrogen-bond acceptors (Lipinski definition) is 4. The lowest BCUT2D eigenvalue weighted by molar-refractivity contribution is -0.141. The van der Waals surface area contributed by atoms with Gasteiger partial charge in [-0.2, -0.15) is 11.3 Å². The molecule has 0 bridgehead atoms. The third kappa shape index (κ3) is 3.01. The summed E-state index contributed by atoms with van der Waals surface area (Å²) in [6.45, 7) is 1.02. The minimum absolute atomic E-state index is 0.0432. The number of imide groups is 1. The zero-order chi connectivity index (χ0) is 17.4. The van der Waals surface area contributed by atoms with Crippen LogP contribution in [0.2, 0.25) is 0 Å². The second-order valence-electron chi connectivity index (χ2n) is 7.38. The lowest BCUT2D eigenvalue weighted by Crippen LogP contribution is -2.37. The molecule has 1 aromatic heterocycles. The Balaban J connectivity index is 1.38. The van der Waals surface area contributed by atoms with Gasteiger partial charge in [-0.1, -0.05) is 12.8 Å². The molecule has 3 fully saturated rings. The van der Waals surface area contributed by atoms with E-state index in [0.717, 1.165) is 45.1 Å². The SMILES string of the molecule is O=C1[C@H]2CCCC[C@H]2C(=O)N1CCC(=O)N1CCC[C@@H]1c1ccsc1. The van der Waals surface area contributed by atoms with Crippen LogP contribution in [0.25, 0.3) is 0 Å². The number of hydrogen-bond donors (Lipinski definition) is 0. The molecule has 0 radical (unpaired) electrons. The monoisotopic (exact) mass is 360 g/mol. The molecule has 3 atom stereocenters. The van der Waals surface area contributed by atoms with Gasteiger partial charge < -0.3 is 4.90 Å². The van der Waals surface area contributed by atoms with Gasteiger partial charge in [0.05, 0.1) is 17.9 Å². The molecular formula is C19H24N2O3S. The standard InChI is InChI=1S/C19H24N2O3S/c22-17(20-9-3-6-16(20)13-8-11-25-12-13)7-10-21-18(23)14-4-1-2-5-15(14)19(21)24/h8,11-12,14-16H,1-7,9-10H2/t14-,15+,16-/m1/s1. The van der Waals surface area contributed by atoms with E-state index in [2.05, 4.69) is 11.4 Å². The highest BCUT2D eigenvalue weighted by atomic mass is 32.1. The predicted molar refractivity (Wildman–Crippen MR) is 94.8 cm³/mol. The Hall–Kier alpha value is -1.69. The van der Waals surface area contributed by atoms with E-state index in [9.17, 15) is 14.4 Å². The second-order valence-corrected chi connectivity index (χ2v) is 8.16. The number of carbonyl (C=O) groups is 3. The molecule has 1 aliphatic carbocycles. The average Bonchev–Trinajstić information content (AvgIpc) is 3.35. The molecule has 3 amide bonds. The Kier molecular flexibility index (Phi) is 4.63. The molecule has 1 saturated carbocycles. The van der Waals surface area contributed by atoms with Gasteiger partial charge in [-0.25, -0.2) is 0 Å². The van der Waals surface area contributed by atoms with E-state index in [-0.39, 0.29) is 48.6 Å². The molecule has 0 aromatic carbocycles. The first-order valence-electron chi connectivity index (χ1n) is 9.33. The van der Waals surface area contributed by atoms with Gasteiger partial charge in [-0.05, 0) is 48.1 Å². The maximum atomic E-state index is 12.7. The van der Waals surface area contributed by atoms with Gasteiger partial charge in [-0.15, -0.1) is 0 Å². The number of fused-ring (bicyclic) bond motifs is 1. The van der Waals surface area contributed by atoms with Crippen LogP contribution >= 0.6 is 11.3 Å². The van der Waals surface area contributed by atoms with Crippen LogP contribution in [0.4, 0.5) is 0 Å². The fraction of sp³-hybridized carbons (Fsp3) is 0.632. The first kappa shape index (κ1) is 16.8. The summed E-state index contributed by atoms with van der Waals surface area (Å²) in [6.07, 6.45) is 5.97. The van der Waals surface area contributed by atoms with Crippen molar-refractivity contribution in [2.24, 2.45) is 11.8 Å². The molecular weight excluding hydrogens is 336 g/mol. The summed E-state index contributed by atoms with van der Waals surface area (Å²) in [5.41, 5.74) is 1.20. The fourth-order valence-electron chi connectivity index (χ4n) is 4.68. The molecule has 0 N–H and O–H groups in total. The summed E-state index contributed by atoms with van der Waals surface area (Å²) >= 11 is 1.65. The van der Waals surface area contributed by atoms with Crippen LogP contribution in [0, 0.1) is 11.8 Å². The Bertz CT molecular complexity index is 648. The van der Waals surface area contributed by atoms with Gasteiger partial charge in [0.15, 0.2) is 0 Å². The van der Waals surface area contributed by atoms with Crippen molar-refractivity contribution < 1.29 is 14.4 Å². The quantitative estimate of drug-likeness (QED) is 0.776. The molecule has 2 saturated heterocycles. The fourth-order valence-corrected chi connectivity index (χ4v) is 5.39. The van der Waals surface area contributed by atoms with E-state index in [1.807, 2.05) is 10.3 Å². The van der Waals surface area contributed by atoms with Crippen LogP contribution in [0.3, 0.4) is 0 Å². The van der Waals surface area contributed by atoms with Gasteiger partial charge in [0.25, 0.3) is 0 Å². The molecule has 25 heavy (non-hydrogen) atoms. The summed E-state index contributed by atoms with van der Waals surface area (Å²) in [6, 6.07) is 2.24. The summed E-state index contributed by atoms with van der Waals surface area (Å²) in [4.78, 5) is 41.0. The van der Waals surface area contributed by atoms with Crippen molar-refractivity contribution in [1.82, 2.24) is 9.80 Å². The number of thiophene rings is 1. The normalized spacial score (nSPS) is 29.4.